The minimum absolute atomic E-state index is 0.00894. The van der Waals surface area contributed by atoms with Crippen LogP contribution in [0.2, 0.25) is 0 Å². The predicted molar refractivity (Wildman–Crippen MR) is 68.5 cm³/mol. The number of ether oxygens (including phenoxy) is 2. The summed E-state index contributed by atoms with van der Waals surface area (Å²) in [6, 6.07) is 9.42. The topological polar surface area (TPSA) is 38.8 Å². The first-order valence-corrected chi connectivity index (χ1v) is 6.21. The van der Waals surface area contributed by atoms with E-state index in [2.05, 4.69) is 0 Å². The molecule has 18 heavy (non-hydrogen) atoms. The first-order chi connectivity index (χ1) is 8.59. The summed E-state index contributed by atoms with van der Waals surface area (Å²) in [6.45, 7) is 6.09. The molecule has 0 spiro atoms. The molecule has 98 valence electrons. The van der Waals surface area contributed by atoms with Crippen LogP contribution in [0.4, 0.5) is 0 Å². The molecule has 0 atom stereocenters. The Morgan fingerprint density at radius 1 is 1.22 bits per heavy atom. The zero-order valence-corrected chi connectivity index (χ0v) is 10.9. The Hall–Kier alpha value is -1.55. The highest BCUT2D eigenvalue weighted by molar-refractivity contribution is 5.84. The summed E-state index contributed by atoms with van der Waals surface area (Å²) in [5.74, 6) is 0.721. The van der Waals surface area contributed by atoms with Gasteiger partial charge in [0.1, 0.15) is 5.75 Å². The molecule has 0 saturated carbocycles. The normalized spacial score (nSPS) is 16.4. The van der Waals surface area contributed by atoms with Crippen molar-refractivity contribution in [3.63, 3.8) is 0 Å². The van der Waals surface area contributed by atoms with Crippen molar-refractivity contribution in [2.24, 2.45) is 0 Å². The third kappa shape index (κ3) is 3.01. The van der Waals surface area contributed by atoms with Crippen molar-refractivity contribution >= 4 is 5.91 Å². The van der Waals surface area contributed by atoms with Crippen LogP contribution in [0.5, 0.6) is 5.75 Å². The molecule has 1 aliphatic rings. The van der Waals surface area contributed by atoms with Gasteiger partial charge in [0.05, 0.1) is 13.2 Å². The highest BCUT2D eigenvalue weighted by Gasteiger charge is 2.34. The van der Waals surface area contributed by atoms with Gasteiger partial charge in [0, 0.05) is 13.1 Å². The first-order valence-electron chi connectivity index (χ1n) is 6.21. The van der Waals surface area contributed by atoms with Gasteiger partial charge in [-0.3, -0.25) is 4.79 Å². The van der Waals surface area contributed by atoms with Crippen LogP contribution >= 0.6 is 0 Å². The minimum Gasteiger partial charge on any atom is -0.478 e. The molecular weight excluding hydrogens is 230 g/mol. The lowest BCUT2D eigenvalue weighted by molar-refractivity contribution is -0.149. The van der Waals surface area contributed by atoms with Crippen LogP contribution in [-0.4, -0.2) is 42.7 Å². The van der Waals surface area contributed by atoms with E-state index in [0.29, 0.717) is 32.1 Å². The Kier molecular flexibility index (Phi) is 3.87. The third-order valence-corrected chi connectivity index (χ3v) is 2.93. The molecule has 4 nitrogen and oxygen atoms in total. The number of carbonyl (C=O) groups excluding carboxylic acids is 1. The fourth-order valence-corrected chi connectivity index (χ4v) is 1.97. The van der Waals surface area contributed by atoms with Crippen LogP contribution < -0.4 is 4.74 Å². The number of morpholine rings is 1. The summed E-state index contributed by atoms with van der Waals surface area (Å²) in [7, 11) is 0. The zero-order chi connectivity index (χ0) is 13.0. The average Bonchev–Trinajstić information content (AvgIpc) is 2.39. The minimum atomic E-state index is -0.849. The zero-order valence-electron chi connectivity index (χ0n) is 10.9. The van der Waals surface area contributed by atoms with Gasteiger partial charge in [-0.15, -0.1) is 0 Å². The predicted octanol–water partition coefficient (Wildman–Crippen LogP) is 1.70. The van der Waals surface area contributed by atoms with Crippen LogP contribution in [0.3, 0.4) is 0 Å². The van der Waals surface area contributed by atoms with E-state index >= 15 is 0 Å². The van der Waals surface area contributed by atoms with Gasteiger partial charge >= 0.3 is 0 Å². The Bertz CT molecular complexity index is 397. The number of rotatable bonds is 3. The number of hydrogen-bond donors (Lipinski definition) is 0. The molecule has 4 heteroatoms. The second-order valence-electron chi connectivity index (χ2n) is 4.83. The van der Waals surface area contributed by atoms with Crippen LogP contribution in [0.15, 0.2) is 30.3 Å². The summed E-state index contributed by atoms with van der Waals surface area (Å²) in [5, 5.41) is 0. The van der Waals surface area contributed by atoms with Gasteiger partial charge in [0.15, 0.2) is 5.60 Å². The maximum Gasteiger partial charge on any atom is 0.266 e. The summed E-state index contributed by atoms with van der Waals surface area (Å²) < 4.78 is 11.0. The molecule has 0 aromatic heterocycles. The summed E-state index contributed by atoms with van der Waals surface area (Å²) in [4.78, 5) is 14.2. The van der Waals surface area contributed by atoms with Gasteiger partial charge in [-0.1, -0.05) is 18.2 Å². The number of amides is 1. The largest absolute Gasteiger partial charge is 0.478 e. The molecule has 2 rings (SSSR count). The third-order valence-electron chi connectivity index (χ3n) is 2.93. The molecular formula is C14H19NO3. The van der Waals surface area contributed by atoms with Crippen LogP contribution in [0.25, 0.3) is 0 Å². The number of para-hydroxylation sites is 1. The average molecular weight is 249 g/mol. The van der Waals surface area contributed by atoms with E-state index in [9.17, 15) is 4.79 Å². The maximum atomic E-state index is 12.4. The Balaban J connectivity index is 2.03. The molecule has 0 bridgehead atoms. The van der Waals surface area contributed by atoms with Crippen molar-refractivity contribution < 1.29 is 14.3 Å². The van der Waals surface area contributed by atoms with E-state index < -0.39 is 5.60 Å². The highest BCUT2D eigenvalue weighted by atomic mass is 16.5. The highest BCUT2D eigenvalue weighted by Crippen LogP contribution is 2.20. The van der Waals surface area contributed by atoms with Crippen molar-refractivity contribution in [3.05, 3.63) is 30.3 Å². The van der Waals surface area contributed by atoms with E-state index in [4.69, 9.17) is 9.47 Å². The molecule has 1 aliphatic heterocycles. The summed E-state index contributed by atoms with van der Waals surface area (Å²) in [6.07, 6.45) is 0. The van der Waals surface area contributed by atoms with Crippen molar-refractivity contribution in [3.8, 4) is 5.75 Å². The molecule has 1 fully saturated rings. The summed E-state index contributed by atoms with van der Waals surface area (Å²) >= 11 is 0. The second kappa shape index (κ2) is 5.40. The van der Waals surface area contributed by atoms with Crippen molar-refractivity contribution in [2.75, 3.05) is 26.3 Å². The van der Waals surface area contributed by atoms with Crippen molar-refractivity contribution in [2.45, 2.75) is 19.4 Å². The SMILES string of the molecule is CC(C)(Oc1ccccc1)C(=O)N1CCOCC1. The molecule has 1 aromatic rings. The van der Waals surface area contributed by atoms with E-state index in [1.807, 2.05) is 30.3 Å². The Morgan fingerprint density at radius 2 is 1.83 bits per heavy atom. The van der Waals surface area contributed by atoms with E-state index in [-0.39, 0.29) is 5.91 Å². The van der Waals surface area contributed by atoms with Gasteiger partial charge in [-0.05, 0) is 26.0 Å². The van der Waals surface area contributed by atoms with Gasteiger partial charge in [-0.25, -0.2) is 0 Å². The maximum absolute atomic E-state index is 12.4. The molecule has 0 unspecified atom stereocenters. The number of hydrogen-bond acceptors (Lipinski definition) is 3. The van der Waals surface area contributed by atoms with Crippen LogP contribution in [0.1, 0.15) is 13.8 Å². The first kappa shape index (κ1) is 12.9. The second-order valence-corrected chi connectivity index (χ2v) is 4.83. The van der Waals surface area contributed by atoms with Gasteiger partial charge < -0.3 is 14.4 Å². The standard InChI is InChI=1S/C14H19NO3/c1-14(2,18-12-6-4-3-5-7-12)13(16)15-8-10-17-11-9-15/h3-7H,8-11H2,1-2H3. The van der Waals surface area contributed by atoms with Gasteiger partial charge in [0.2, 0.25) is 0 Å². The van der Waals surface area contributed by atoms with Crippen LogP contribution in [0, 0.1) is 0 Å². The molecule has 0 N–H and O–H groups in total. The molecule has 0 aliphatic carbocycles. The Labute approximate surface area is 107 Å². The number of carbonyl (C=O) groups is 1. The smallest absolute Gasteiger partial charge is 0.266 e. The molecule has 0 radical (unpaired) electrons. The molecule has 1 aromatic carbocycles. The van der Waals surface area contributed by atoms with Crippen molar-refractivity contribution in [1.82, 2.24) is 4.90 Å². The van der Waals surface area contributed by atoms with E-state index in [1.165, 1.54) is 0 Å². The lowest BCUT2D eigenvalue weighted by Gasteiger charge is -2.34. The van der Waals surface area contributed by atoms with Gasteiger partial charge in [0.25, 0.3) is 5.91 Å². The quantitative estimate of drug-likeness (QED) is 0.818. The number of nitrogens with zero attached hydrogens (tertiary/aromatic N) is 1. The van der Waals surface area contributed by atoms with Crippen LogP contribution in [-0.2, 0) is 9.53 Å². The monoisotopic (exact) mass is 249 g/mol. The van der Waals surface area contributed by atoms with Crippen molar-refractivity contribution in [1.29, 1.82) is 0 Å². The fraction of sp³-hybridized carbons (Fsp3) is 0.500. The fourth-order valence-electron chi connectivity index (χ4n) is 1.97. The molecule has 1 heterocycles. The summed E-state index contributed by atoms with van der Waals surface area (Å²) in [5.41, 5.74) is -0.849. The van der Waals surface area contributed by atoms with Gasteiger partial charge in [-0.2, -0.15) is 0 Å². The lowest BCUT2D eigenvalue weighted by atomic mass is 10.1. The molecule has 1 saturated heterocycles. The number of benzene rings is 1. The van der Waals surface area contributed by atoms with E-state index in [0.717, 1.165) is 0 Å². The molecule has 1 amide bonds. The van der Waals surface area contributed by atoms with E-state index in [1.54, 1.807) is 18.7 Å². The Morgan fingerprint density at radius 3 is 2.44 bits per heavy atom. The lowest BCUT2D eigenvalue weighted by Crippen LogP contribution is -2.52.